The highest BCUT2D eigenvalue weighted by atomic mass is 32.2. The van der Waals surface area contributed by atoms with Gasteiger partial charge in [0.1, 0.15) is 0 Å². The maximum Gasteiger partial charge on any atom is 0.335 e. The number of rotatable bonds is 3. The van der Waals surface area contributed by atoms with Crippen molar-refractivity contribution in [2.45, 2.75) is 38.1 Å². The number of hydrogen-bond donors (Lipinski definition) is 1. The number of benzene rings is 1. The van der Waals surface area contributed by atoms with Crippen LogP contribution in [0.15, 0.2) is 23.1 Å². The van der Waals surface area contributed by atoms with E-state index in [1.807, 2.05) is 13.8 Å². The molecule has 1 fully saturated rings. The van der Waals surface area contributed by atoms with Gasteiger partial charge < -0.3 is 5.11 Å². The lowest BCUT2D eigenvalue weighted by molar-refractivity contribution is 0.0696. The molecule has 1 aromatic rings. The van der Waals surface area contributed by atoms with E-state index in [2.05, 4.69) is 0 Å². The molecule has 5 nitrogen and oxygen atoms in total. The molecule has 1 aromatic carbocycles. The zero-order chi connectivity index (χ0) is 15.1. The highest BCUT2D eigenvalue weighted by Gasteiger charge is 2.36. The normalized spacial score (nSPS) is 23.9. The van der Waals surface area contributed by atoms with Gasteiger partial charge in [0.15, 0.2) is 0 Å². The Bertz CT molecular complexity index is 639. The SMILES string of the molecule is Cc1ccc(C(=O)O)cc1S(=O)(=O)N1CC(C)CC1C. The quantitative estimate of drug-likeness (QED) is 0.927. The summed E-state index contributed by atoms with van der Waals surface area (Å²) in [6.07, 6.45) is 0.830. The maximum atomic E-state index is 12.7. The Kier molecular flexibility index (Phi) is 3.88. The van der Waals surface area contributed by atoms with Gasteiger partial charge >= 0.3 is 5.97 Å². The number of aryl methyl sites for hydroxylation is 1. The minimum Gasteiger partial charge on any atom is -0.478 e. The van der Waals surface area contributed by atoms with Crippen LogP contribution in [0.1, 0.15) is 36.2 Å². The molecule has 1 N–H and O–H groups in total. The zero-order valence-electron chi connectivity index (χ0n) is 11.8. The zero-order valence-corrected chi connectivity index (χ0v) is 12.6. The van der Waals surface area contributed by atoms with Crippen molar-refractivity contribution < 1.29 is 18.3 Å². The van der Waals surface area contributed by atoms with Gasteiger partial charge in [0.05, 0.1) is 10.5 Å². The van der Waals surface area contributed by atoms with E-state index >= 15 is 0 Å². The minimum atomic E-state index is -3.64. The van der Waals surface area contributed by atoms with Gasteiger partial charge in [-0.15, -0.1) is 0 Å². The smallest absolute Gasteiger partial charge is 0.335 e. The van der Waals surface area contributed by atoms with E-state index in [0.717, 1.165) is 6.42 Å². The van der Waals surface area contributed by atoms with Gasteiger partial charge in [0, 0.05) is 12.6 Å². The van der Waals surface area contributed by atoms with Crippen molar-refractivity contribution in [1.82, 2.24) is 4.31 Å². The molecule has 2 rings (SSSR count). The largest absolute Gasteiger partial charge is 0.478 e. The molecule has 1 aliphatic rings. The summed E-state index contributed by atoms with van der Waals surface area (Å²) in [5.74, 6) is -0.799. The first kappa shape index (κ1) is 15.0. The van der Waals surface area contributed by atoms with Gasteiger partial charge in [0.2, 0.25) is 10.0 Å². The van der Waals surface area contributed by atoms with Gasteiger partial charge in [-0.1, -0.05) is 13.0 Å². The molecule has 0 aliphatic carbocycles. The standard InChI is InChI=1S/C14H19NO4S/c1-9-6-11(3)15(8-9)20(18,19)13-7-12(14(16)17)5-4-10(13)2/h4-5,7,9,11H,6,8H2,1-3H3,(H,16,17). The monoisotopic (exact) mass is 297 g/mol. The van der Waals surface area contributed by atoms with Crippen LogP contribution in [0.5, 0.6) is 0 Å². The first-order valence-electron chi connectivity index (χ1n) is 6.59. The van der Waals surface area contributed by atoms with Crippen LogP contribution in [-0.2, 0) is 10.0 Å². The average Bonchev–Trinajstić information content (AvgIpc) is 2.69. The van der Waals surface area contributed by atoms with Crippen LogP contribution in [0, 0.1) is 12.8 Å². The van der Waals surface area contributed by atoms with E-state index in [-0.39, 0.29) is 16.5 Å². The molecule has 2 atom stereocenters. The molecule has 20 heavy (non-hydrogen) atoms. The third kappa shape index (κ3) is 2.58. The fourth-order valence-electron chi connectivity index (χ4n) is 2.73. The molecule has 0 aromatic heterocycles. The summed E-state index contributed by atoms with van der Waals surface area (Å²) in [6, 6.07) is 4.17. The predicted molar refractivity (Wildman–Crippen MR) is 75.3 cm³/mol. The number of nitrogens with zero attached hydrogens (tertiary/aromatic N) is 1. The number of sulfonamides is 1. The fraction of sp³-hybridized carbons (Fsp3) is 0.500. The van der Waals surface area contributed by atoms with Crippen molar-refractivity contribution in [2.24, 2.45) is 5.92 Å². The Morgan fingerprint density at radius 1 is 1.35 bits per heavy atom. The second-order valence-electron chi connectivity index (χ2n) is 5.55. The summed E-state index contributed by atoms with van der Waals surface area (Å²) in [5, 5.41) is 9.02. The van der Waals surface area contributed by atoms with Crippen molar-refractivity contribution in [2.75, 3.05) is 6.54 Å². The minimum absolute atomic E-state index is 0.00549. The van der Waals surface area contributed by atoms with Crippen molar-refractivity contribution in [3.8, 4) is 0 Å². The molecule has 0 saturated carbocycles. The number of carboxylic acids is 1. The first-order chi connectivity index (χ1) is 9.23. The number of carboxylic acid groups (broad SMARTS) is 1. The fourth-order valence-corrected chi connectivity index (χ4v) is 4.75. The molecular formula is C14H19NO4S. The lowest BCUT2D eigenvalue weighted by atomic mass is 10.1. The molecule has 1 aliphatic heterocycles. The van der Waals surface area contributed by atoms with E-state index in [0.29, 0.717) is 18.0 Å². The molecule has 1 saturated heterocycles. The van der Waals surface area contributed by atoms with Crippen LogP contribution in [0.4, 0.5) is 0 Å². The second-order valence-corrected chi connectivity index (χ2v) is 7.41. The molecule has 1 heterocycles. The third-order valence-electron chi connectivity index (χ3n) is 3.75. The van der Waals surface area contributed by atoms with E-state index in [4.69, 9.17) is 5.11 Å². The summed E-state index contributed by atoms with van der Waals surface area (Å²) in [6.45, 7) is 6.08. The summed E-state index contributed by atoms with van der Waals surface area (Å²) >= 11 is 0. The van der Waals surface area contributed by atoms with Gasteiger partial charge in [-0.2, -0.15) is 4.31 Å². The molecule has 0 spiro atoms. The van der Waals surface area contributed by atoms with Crippen LogP contribution in [0.3, 0.4) is 0 Å². The maximum absolute atomic E-state index is 12.7. The molecule has 0 amide bonds. The average molecular weight is 297 g/mol. The van der Waals surface area contributed by atoms with E-state index in [1.54, 1.807) is 13.0 Å². The van der Waals surface area contributed by atoms with E-state index in [9.17, 15) is 13.2 Å². The molecule has 6 heteroatoms. The molecule has 0 radical (unpaired) electrons. The molecule has 110 valence electrons. The van der Waals surface area contributed by atoms with Crippen molar-refractivity contribution in [3.63, 3.8) is 0 Å². The first-order valence-corrected chi connectivity index (χ1v) is 8.03. The lowest BCUT2D eigenvalue weighted by Crippen LogP contribution is -2.34. The molecular weight excluding hydrogens is 278 g/mol. The highest BCUT2D eigenvalue weighted by Crippen LogP contribution is 2.30. The van der Waals surface area contributed by atoms with Crippen molar-refractivity contribution in [1.29, 1.82) is 0 Å². The Balaban J connectivity index is 2.49. The summed E-state index contributed by atoms with van der Waals surface area (Å²) in [4.78, 5) is 11.1. The Labute approximate surface area is 119 Å². The lowest BCUT2D eigenvalue weighted by Gasteiger charge is -2.22. The summed E-state index contributed by atoms with van der Waals surface area (Å²) in [5.41, 5.74) is 0.566. The van der Waals surface area contributed by atoms with Crippen molar-refractivity contribution in [3.05, 3.63) is 29.3 Å². The Morgan fingerprint density at radius 3 is 2.50 bits per heavy atom. The number of hydrogen-bond acceptors (Lipinski definition) is 3. The van der Waals surface area contributed by atoms with Crippen LogP contribution in [0.25, 0.3) is 0 Å². The van der Waals surface area contributed by atoms with Gasteiger partial charge in [-0.25, -0.2) is 13.2 Å². The van der Waals surface area contributed by atoms with E-state index in [1.165, 1.54) is 16.4 Å². The Morgan fingerprint density at radius 2 is 2.00 bits per heavy atom. The molecule has 0 bridgehead atoms. The van der Waals surface area contributed by atoms with Crippen LogP contribution < -0.4 is 0 Å². The second kappa shape index (κ2) is 5.18. The topological polar surface area (TPSA) is 74.7 Å². The van der Waals surface area contributed by atoms with Crippen molar-refractivity contribution >= 4 is 16.0 Å². The van der Waals surface area contributed by atoms with Crippen LogP contribution >= 0.6 is 0 Å². The van der Waals surface area contributed by atoms with Gasteiger partial charge in [-0.05, 0) is 43.9 Å². The number of carbonyl (C=O) groups is 1. The van der Waals surface area contributed by atoms with E-state index < -0.39 is 16.0 Å². The highest BCUT2D eigenvalue weighted by molar-refractivity contribution is 7.89. The summed E-state index contributed by atoms with van der Waals surface area (Å²) < 4.78 is 26.9. The van der Waals surface area contributed by atoms with Gasteiger partial charge in [0.25, 0.3) is 0 Å². The molecule has 2 unspecified atom stereocenters. The van der Waals surface area contributed by atoms with Crippen LogP contribution in [0.2, 0.25) is 0 Å². The third-order valence-corrected chi connectivity index (χ3v) is 5.87. The number of aromatic carboxylic acids is 1. The predicted octanol–water partition coefficient (Wildman–Crippen LogP) is 2.11. The van der Waals surface area contributed by atoms with Gasteiger partial charge in [-0.3, -0.25) is 0 Å². The summed E-state index contributed by atoms with van der Waals surface area (Å²) in [7, 11) is -3.64. The van der Waals surface area contributed by atoms with Crippen LogP contribution in [-0.4, -0.2) is 36.4 Å². The Hall–Kier alpha value is -1.40.